The standard InChI is InChI=1S/C16H13F17O4S/c1-6(37-8(36)3-2-7(34)35)38-5-4-9(17,18)10(19,20)11(21,22)12(23,24)13(25,26)14(27,28)15(29,30)16(31,32)33/h6H,2-5H2,1H3,(H,34,35). The maximum Gasteiger partial charge on any atom is 0.460 e. The van der Waals surface area contributed by atoms with E-state index in [1.807, 2.05) is 0 Å². The first-order valence-electron chi connectivity index (χ1n) is 9.20. The summed E-state index contributed by atoms with van der Waals surface area (Å²) in [7, 11) is 0. The predicted molar refractivity (Wildman–Crippen MR) is 90.2 cm³/mol. The summed E-state index contributed by atoms with van der Waals surface area (Å²) in [4.78, 5) is 21.5. The lowest BCUT2D eigenvalue weighted by atomic mass is 9.88. The van der Waals surface area contributed by atoms with Gasteiger partial charge in [-0.3, -0.25) is 9.59 Å². The normalized spacial score (nSPS) is 15.8. The molecule has 0 fully saturated rings. The van der Waals surface area contributed by atoms with Crippen LogP contribution in [0.1, 0.15) is 26.2 Å². The van der Waals surface area contributed by atoms with Gasteiger partial charge in [-0.25, -0.2) is 0 Å². The Balaban J connectivity index is 5.91. The van der Waals surface area contributed by atoms with Gasteiger partial charge in [0.2, 0.25) is 0 Å². The maximum absolute atomic E-state index is 13.7. The summed E-state index contributed by atoms with van der Waals surface area (Å²) in [5, 5.41) is 8.34. The fourth-order valence-corrected chi connectivity index (χ4v) is 3.07. The average Bonchev–Trinajstić information content (AvgIpc) is 2.70. The van der Waals surface area contributed by atoms with Crippen molar-refractivity contribution in [1.82, 2.24) is 0 Å². The average molecular weight is 624 g/mol. The van der Waals surface area contributed by atoms with Gasteiger partial charge in [0, 0.05) is 12.2 Å². The molecule has 0 rings (SSSR count). The monoisotopic (exact) mass is 624 g/mol. The van der Waals surface area contributed by atoms with Gasteiger partial charge in [-0.05, 0) is 6.92 Å². The van der Waals surface area contributed by atoms with E-state index in [0.717, 1.165) is 6.92 Å². The Bertz CT molecular complexity index is 855. The number of alkyl halides is 17. The number of halogens is 17. The van der Waals surface area contributed by atoms with Crippen molar-refractivity contribution in [2.75, 3.05) is 5.75 Å². The van der Waals surface area contributed by atoms with Gasteiger partial charge < -0.3 is 9.84 Å². The van der Waals surface area contributed by atoms with E-state index in [2.05, 4.69) is 4.74 Å². The maximum atomic E-state index is 13.7. The van der Waals surface area contributed by atoms with E-state index in [-0.39, 0.29) is 11.8 Å². The lowest BCUT2D eigenvalue weighted by molar-refractivity contribution is -0.461. The number of carboxylic acids is 1. The molecule has 0 spiro atoms. The number of esters is 1. The molecule has 0 saturated heterocycles. The second-order valence-corrected chi connectivity index (χ2v) is 8.63. The largest absolute Gasteiger partial charge is 0.481 e. The lowest BCUT2D eigenvalue weighted by Crippen LogP contribution is -2.74. The van der Waals surface area contributed by atoms with Crippen molar-refractivity contribution in [3.8, 4) is 0 Å². The van der Waals surface area contributed by atoms with Gasteiger partial charge in [-0.2, -0.15) is 74.6 Å². The highest BCUT2D eigenvalue weighted by atomic mass is 32.2. The summed E-state index contributed by atoms with van der Waals surface area (Å²) < 4.78 is 228. The zero-order chi connectivity index (χ0) is 31.0. The van der Waals surface area contributed by atoms with Crippen LogP contribution >= 0.6 is 11.8 Å². The Labute approximate surface area is 203 Å². The quantitative estimate of drug-likeness (QED) is 0.130. The molecule has 22 heteroatoms. The number of carboxylic acid groups (broad SMARTS) is 1. The van der Waals surface area contributed by atoms with Crippen molar-refractivity contribution in [3.05, 3.63) is 0 Å². The van der Waals surface area contributed by atoms with Crippen LogP contribution in [0.5, 0.6) is 0 Å². The van der Waals surface area contributed by atoms with Gasteiger partial charge in [0.05, 0.1) is 12.8 Å². The van der Waals surface area contributed by atoms with E-state index < -0.39 is 90.0 Å². The third-order valence-electron chi connectivity index (χ3n) is 4.40. The smallest absolute Gasteiger partial charge is 0.460 e. The fourth-order valence-electron chi connectivity index (χ4n) is 2.19. The number of carbonyl (C=O) groups excluding carboxylic acids is 1. The van der Waals surface area contributed by atoms with Gasteiger partial charge in [-0.15, -0.1) is 11.8 Å². The Kier molecular flexibility index (Phi) is 10.4. The van der Waals surface area contributed by atoms with Crippen molar-refractivity contribution in [3.63, 3.8) is 0 Å². The summed E-state index contributed by atoms with van der Waals surface area (Å²) >= 11 is -0.113. The minimum atomic E-state index is -8.69. The third-order valence-corrected chi connectivity index (χ3v) is 5.40. The molecule has 0 aliphatic heterocycles. The number of rotatable bonds is 14. The molecule has 0 heterocycles. The van der Waals surface area contributed by atoms with Gasteiger partial charge >= 0.3 is 59.6 Å². The van der Waals surface area contributed by atoms with Gasteiger partial charge in [0.15, 0.2) is 0 Å². The van der Waals surface area contributed by atoms with Crippen LogP contribution in [-0.4, -0.2) is 75.9 Å². The Hall–Kier alpha value is -1.90. The molecule has 0 aliphatic rings. The van der Waals surface area contributed by atoms with Crippen molar-refractivity contribution >= 4 is 23.7 Å². The number of hydrogen-bond acceptors (Lipinski definition) is 4. The first-order valence-corrected chi connectivity index (χ1v) is 10.2. The van der Waals surface area contributed by atoms with Crippen LogP contribution < -0.4 is 0 Å². The van der Waals surface area contributed by atoms with Crippen LogP contribution in [-0.2, 0) is 14.3 Å². The highest BCUT2D eigenvalue weighted by Gasteiger charge is 2.95. The molecule has 38 heavy (non-hydrogen) atoms. The first kappa shape index (κ1) is 36.1. The van der Waals surface area contributed by atoms with Gasteiger partial charge in [0.25, 0.3) is 0 Å². The summed E-state index contributed by atoms with van der Waals surface area (Å²) in [6, 6.07) is 0. The number of hydrogen-bond donors (Lipinski definition) is 1. The number of ether oxygens (including phenoxy) is 1. The highest BCUT2D eigenvalue weighted by molar-refractivity contribution is 7.99. The van der Waals surface area contributed by atoms with E-state index in [4.69, 9.17) is 5.11 Å². The molecule has 1 unspecified atom stereocenters. The number of aliphatic carboxylic acids is 1. The van der Waals surface area contributed by atoms with Crippen LogP contribution in [0.4, 0.5) is 74.6 Å². The highest BCUT2D eigenvalue weighted by Crippen LogP contribution is 2.64. The molecule has 4 nitrogen and oxygen atoms in total. The van der Waals surface area contributed by atoms with Crippen LogP contribution in [0.15, 0.2) is 0 Å². The van der Waals surface area contributed by atoms with E-state index in [0.29, 0.717) is 0 Å². The summed E-state index contributed by atoms with van der Waals surface area (Å²) in [5.74, 6) is -61.1. The van der Waals surface area contributed by atoms with E-state index >= 15 is 0 Å². The summed E-state index contributed by atoms with van der Waals surface area (Å²) in [6.45, 7) is 0.825. The minimum Gasteiger partial charge on any atom is -0.481 e. The predicted octanol–water partition coefficient (Wildman–Crippen LogP) is 6.87. The molecule has 0 saturated carbocycles. The Morgan fingerprint density at radius 2 is 1.03 bits per heavy atom. The fraction of sp³-hybridized carbons (Fsp3) is 0.875. The molecule has 0 aliphatic carbocycles. The molecule has 0 aromatic rings. The van der Waals surface area contributed by atoms with E-state index in [1.54, 1.807) is 0 Å². The van der Waals surface area contributed by atoms with Crippen molar-refractivity contribution < 1.29 is 94.1 Å². The zero-order valence-electron chi connectivity index (χ0n) is 17.9. The summed E-state index contributed by atoms with van der Waals surface area (Å²) in [5.41, 5.74) is -1.62. The topological polar surface area (TPSA) is 63.6 Å². The molecule has 0 aromatic carbocycles. The molecule has 0 aromatic heterocycles. The van der Waals surface area contributed by atoms with Crippen molar-refractivity contribution in [2.24, 2.45) is 0 Å². The second-order valence-electron chi connectivity index (χ2n) is 7.22. The van der Waals surface area contributed by atoms with Crippen molar-refractivity contribution in [1.29, 1.82) is 0 Å². The number of thioether (sulfide) groups is 1. The molecule has 1 atom stereocenters. The SMILES string of the molecule is CC(OC(=O)CCC(=O)O)SCCC(F)(F)C(F)(F)C(F)(F)C(F)(F)C(F)(F)C(F)(F)C(F)(F)C(F)(F)F. The molecule has 226 valence electrons. The van der Waals surface area contributed by atoms with E-state index in [9.17, 15) is 84.2 Å². The van der Waals surface area contributed by atoms with Gasteiger partial charge in [-0.1, -0.05) is 0 Å². The molecule has 1 N–H and O–H groups in total. The van der Waals surface area contributed by atoms with Crippen LogP contribution in [0.3, 0.4) is 0 Å². The Morgan fingerprint density at radius 3 is 1.39 bits per heavy atom. The number of carbonyl (C=O) groups is 2. The second kappa shape index (κ2) is 10.9. The molecule has 0 radical (unpaired) electrons. The van der Waals surface area contributed by atoms with Crippen molar-refractivity contribution in [2.45, 2.75) is 79.3 Å². The molecule has 0 amide bonds. The van der Waals surface area contributed by atoms with Crippen LogP contribution in [0, 0.1) is 0 Å². The molecular weight excluding hydrogens is 611 g/mol. The summed E-state index contributed by atoms with van der Waals surface area (Å²) in [6.07, 6.45) is -12.1. The molecular formula is C16H13F17O4S. The Morgan fingerprint density at radius 1 is 0.658 bits per heavy atom. The van der Waals surface area contributed by atoms with Crippen LogP contribution in [0.25, 0.3) is 0 Å². The van der Waals surface area contributed by atoms with Crippen LogP contribution in [0.2, 0.25) is 0 Å². The zero-order valence-corrected chi connectivity index (χ0v) is 18.7. The third kappa shape index (κ3) is 6.28. The lowest BCUT2D eigenvalue weighted by Gasteiger charge is -2.42. The molecule has 0 bridgehead atoms. The first-order chi connectivity index (χ1) is 16.5. The van der Waals surface area contributed by atoms with E-state index in [1.165, 1.54) is 0 Å². The van der Waals surface area contributed by atoms with Gasteiger partial charge in [0.1, 0.15) is 5.44 Å². The minimum absolute atomic E-state index is 0.113.